The Labute approximate surface area is 192 Å². The Hall–Kier alpha value is -3.65. The molecule has 0 aliphatic heterocycles. The normalized spacial score (nSPS) is 13.2. The number of aliphatic hydroxyl groups is 1. The van der Waals surface area contributed by atoms with Crippen molar-refractivity contribution in [2.45, 2.75) is 51.9 Å². The number of carbonyl (C=O) groups excluding carboxylic acids is 2. The number of nitrogens with zero attached hydrogens (tertiary/aromatic N) is 1. The van der Waals surface area contributed by atoms with Crippen LogP contribution in [-0.2, 0) is 11.2 Å². The molecule has 2 unspecified atom stereocenters. The van der Waals surface area contributed by atoms with Crippen molar-refractivity contribution in [2.75, 3.05) is 0 Å². The summed E-state index contributed by atoms with van der Waals surface area (Å²) in [6.45, 7) is 7.49. The van der Waals surface area contributed by atoms with Gasteiger partial charge in [-0.15, -0.1) is 0 Å². The van der Waals surface area contributed by atoms with Crippen LogP contribution in [0, 0.1) is 6.92 Å². The van der Waals surface area contributed by atoms with E-state index in [1.165, 1.54) is 0 Å². The molecule has 1 aromatic heterocycles. The largest absolute Gasteiger partial charge is 0.488 e. The molecular formula is C25H29N3O5. The molecule has 1 heterocycles. The SMILES string of the molecule is Cc1nc(-c2ccccc2)c(C(=O)NC(Cc2ccc(OC(C)(C)C)cc2)C(O)C(N)=O)o1. The number of hydrogen-bond donors (Lipinski definition) is 3. The van der Waals surface area contributed by atoms with Crippen LogP contribution in [0.2, 0.25) is 0 Å². The van der Waals surface area contributed by atoms with E-state index in [4.69, 9.17) is 14.9 Å². The van der Waals surface area contributed by atoms with Crippen LogP contribution in [-0.4, -0.2) is 39.7 Å². The first-order chi connectivity index (χ1) is 15.5. The summed E-state index contributed by atoms with van der Waals surface area (Å²) < 4.78 is 11.4. The summed E-state index contributed by atoms with van der Waals surface area (Å²) in [4.78, 5) is 29.1. The van der Waals surface area contributed by atoms with E-state index in [-0.39, 0.29) is 17.8 Å². The highest BCUT2D eigenvalue weighted by atomic mass is 16.5. The number of nitrogens with two attached hydrogens (primary N) is 1. The number of aliphatic hydroxyl groups excluding tert-OH is 1. The number of nitrogens with one attached hydrogen (secondary N) is 1. The standard InChI is InChI=1S/C25H29N3O5/c1-15-27-20(17-8-6-5-7-9-17)22(32-15)24(31)28-19(21(29)23(26)30)14-16-10-12-18(13-11-16)33-25(2,3)4/h5-13,19,21,29H,14H2,1-4H3,(H2,26,30)(H,28,31). The van der Waals surface area contributed by atoms with Crippen molar-refractivity contribution in [3.8, 4) is 17.0 Å². The van der Waals surface area contributed by atoms with Crippen LogP contribution in [0.1, 0.15) is 42.8 Å². The molecule has 0 aliphatic rings. The van der Waals surface area contributed by atoms with Gasteiger partial charge in [-0.3, -0.25) is 9.59 Å². The highest BCUT2D eigenvalue weighted by Crippen LogP contribution is 2.24. The Balaban J connectivity index is 1.82. The molecule has 3 rings (SSSR count). The van der Waals surface area contributed by atoms with Crippen molar-refractivity contribution in [1.82, 2.24) is 10.3 Å². The van der Waals surface area contributed by atoms with Gasteiger partial charge >= 0.3 is 0 Å². The predicted molar refractivity (Wildman–Crippen MR) is 124 cm³/mol. The summed E-state index contributed by atoms with van der Waals surface area (Å²) in [5, 5.41) is 13.1. The second kappa shape index (κ2) is 9.87. The molecule has 33 heavy (non-hydrogen) atoms. The van der Waals surface area contributed by atoms with Crippen molar-refractivity contribution >= 4 is 11.8 Å². The molecular weight excluding hydrogens is 422 g/mol. The lowest BCUT2D eigenvalue weighted by Crippen LogP contribution is -2.50. The van der Waals surface area contributed by atoms with Gasteiger partial charge in [0.25, 0.3) is 5.91 Å². The lowest BCUT2D eigenvalue weighted by Gasteiger charge is -2.23. The van der Waals surface area contributed by atoms with Crippen LogP contribution < -0.4 is 15.8 Å². The number of amides is 2. The zero-order valence-corrected chi connectivity index (χ0v) is 19.2. The van der Waals surface area contributed by atoms with Crippen molar-refractivity contribution in [3.63, 3.8) is 0 Å². The molecule has 2 atom stereocenters. The third-order valence-electron chi connectivity index (χ3n) is 4.78. The Kier molecular flexibility index (Phi) is 7.18. The van der Waals surface area contributed by atoms with Gasteiger partial charge in [0.1, 0.15) is 17.0 Å². The second-order valence-corrected chi connectivity index (χ2v) is 8.77. The molecule has 0 saturated carbocycles. The molecule has 2 aromatic carbocycles. The maximum atomic E-state index is 13.1. The van der Waals surface area contributed by atoms with Crippen LogP contribution in [0.4, 0.5) is 0 Å². The summed E-state index contributed by atoms with van der Waals surface area (Å²) in [6.07, 6.45) is -1.43. The number of oxazole rings is 1. The van der Waals surface area contributed by atoms with Gasteiger partial charge < -0.3 is 25.3 Å². The second-order valence-electron chi connectivity index (χ2n) is 8.77. The number of hydrogen-bond acceptors (Lipinski definition) is 6. The zero-order valence-electron chi connectivity index (χ0n) is 19.2. The van der Waals surface area contributed by atoms with Gasteiger partial charge in [-0.25, -0.2) is 4.98 Å². The van der Waals surface area contributed by atoms with Gasteiger partial charge in [-0.05, 0) is 44.9 Å². The molecule has 174 valence electrons. The third kappa shape index (κ3) is 6.43. The fourth-order valence-electron chi connectivity index (χ4n) is 3.35. The Morgan fingerprint density at radius 1 is 1.12 bits per heavy atom. The number of aromatic nitrogens is 1. The minimum absolute atomic E-state index is 0.00528. The van der Waals surface area contributed by atoms with Crippen LogP contribution in [0.25, 0.3) is 11.3 Å². The quantitative estimate of drug-likeness (QED) is 0.483. The van der Waals surface area contributed by atoms with E-state index in [1.54, 1.807) is 19.1 Å². The minimum Gasteiger partial charge on any atom is -0.488 e. The molecule has 0 radical (unpaired) electrons. The fourth-order valence-corrected chi connectivity index (χ4v) is 3.35. The zero-order chi connectivity index (χ0) is 24.2. The highest BCUT2D eigenvalue weighted by molar-refractivity contribution is 5.97. The topological polar surface area (TPSA) is 128 Å². The molecule has 4 N–H and O–H groups in total. The Bertz CT molecular complexity index is 1100. The van der Waals surface area contributed by atoms with Crippen molar-refractivity contribution in [1.29, 1.82) is 0 Å². The highest BCUT2D eigenvalue weighted by Gasteiger charge is 2.29. The molecule has 0 aliphatic carbocycles. The summed E-state index contributed by atoms with van der Waals surface area (Å²) in [5.74, 6) is -0.542. The number of benzene rings is 2. The molecule has 0 saturated heterocycles. The number of ether oxygens (including phenoxy) is 1. The van der Waals surface area contributed by atoms with E-state index in [0.717, 1.165) is 5.56 Å². The smallest absolute Gasteiger partial charge is 0.289 e. The first kappa shape index (κ1) is 24.0. The predicted octanol–water partition coefficient (Wildman–Crippen LogP) is 3.01. The summed E-state index contributed by atoms with van der Waals surface area (Å²) >= 11 is 0. The van der Waals surface area contributed by atoms with E-state index in [0.29, 0.717) is 22.9 Å². The van der Waals surface area contributed by atoms with E-state index in [1.807, 2.05) is 63.2 Å². The van der Waals surface area contributed by atoms with Gasteiger partial charge in [0.2, 0.25) is 11.7 Å². The minimum atomic E-state index is -1.59. The van der Waals surface area contributed by atoms with E-state index >= 15 is 0 Å². The van der Waals surface area contributed by atoms with Gasteiger partial charge in [-0.2, -0.15) is 0 Å². The van der Waals surface area contributed by atoms with Gasteiger partial charge in [0.15, 0.2) is 12.0 Å². The summed E-state index contributed by atoms with van der Waals surface area (Å²) in [7, 11) is 0. The first-order valence-corrected chi connectivity index (χ1v) is 10.6. The van der Waals surface area contributed by atoms with Gasteiger partial charge in [-0.1, -0.05) is 42.5 Å². The lowest BCUT2D eigenvalue weighted by atomic mass is 10.00. The van der Waals surface area contributed by atoms with Gasteiger partial charge in [0.05, 0.1) is 6.04 Å². The van der Waals surface area contributed by atoms with Crippen LogP contribution in [0.15, 0.2) is 59.0 Å². The first-order valence-electron chi connectivity index (χ1n) is 10.6. The lowest BCUT2D eigenvalue weighted by molar-refractivity contribution is -0.127. The van der Waals surface area contributed by atoms with E-state index in [2.05, 4.69) is 10.3 Å². The van der Waals surface area contributed by atoms with Crippen LogP contribution in [0.5, 0.6) is 5.75 Å². The molecule has 0 fully saturated rings. The molecule has 2 amide bonds. The van der Waals surface area contributed by atoms with Crippen LogP contribution >= 0.6 is 0 Å². The molecule has 3 aromatic rings. The molecule has 0 bridgehead atoms. The third-order valence-corrected chi connectivity index (χ3v) is 4.78. The Morgan fingerprint density at radius 3 is 2.33 bits per heavy atom. The van der Waals surface area contributed by atoms with Crippen LogP contribution in [0.3, 0.4) is 0 Å². The number of carbonyl (C=O) groups is 2. The average molecular weight is 452 g/mol. The molecule has 8 nitrogen and oxygen atoms in total. The number of rotatable bonds is 8. The number of primary amides is 1. The van der Waals surface area contributed by atoms with Crippen molar-refractivity contribution in [2.24, 2.45) is 5.73 Å². The average Bonchev–Trinajstić information content (AvgIpc) is 3.15. The maximum absolute atomic E-state index is 13.1. The Morgan fingerprint density at radius 2 is 1.76 bits per heavy atom. The van der Waals surface area contributed by atoms with E-state index < -0.39 is 24.0 Å². The number of aryl methyl sites for hydroxylation is 1. The molecule has 8 heteroatoms. The fraction of sp³-hybridized carbons (Fsp3) is 0.320. The van der Waals surface area contributed by atoms with Crippen molar-refractivity contribution < 1.29 is 23.8 Å². The van der Waals surface area contributed by atoms with E-state index in [9.17, 15) is 14.7 Å². The summed E-state index contributed by atoms with van der Waals surface area (Å²) in [6, 6.07) is 15.4. The summed E-state index contributed by atoms with van der Waals surface area (Å²) in [5.41, 5.74) is 6.85. The molecule has 0 spiro atoms. The maximum Gasteiger partial charge on any atom is 0.289 e. The van der Waals surface area contributed by atoms with Crippen molar-refractivity contribution in [3.05, 3.63) is 71.8 Å². The van der Waals surface area contributed by atoms with Gasteiger partial charge in [0, 0.05) is 12.5 Å². The monoisotopic (exact) mass is 451 g/mol.